The molecule has 42 heavy (non-hydrogen) atoms. The van der Waals surface area contributed by atoms with Crippen LogP contribution >= 0.6 is 0 Å². The first-order valence-corrected chi connectivity index (χ1v) is 13.5. The van der Waals surface area contributed by atoms with Crippen molar-refractivity contribution in [1.82, 2.24) is 14.9 Å². The van der Waals surface area contributed by atoms with Crippen LogP contribution in [0.4, 0.5) is 36.8 Å². The summed E-state index contributed by atoms with van der Waals surface area (Å²) in [7, 11) is 0. The maximum absolute atomic E-state index is 13.2. The minimum absolute atomic E-state index is 0.0146. The van der Waals surface area contributed by atoms with Gasteiger partial charge in [-0.05, 0) is 56.2 Å². The van der Waals surface area contributed by atoms with Crippen molar-refractivity contribution in [1.29, 1.82) is 0 Å². The maximum atomic E-state index is 13.2. The molecule has 1 aromatic rings. The number of carbonyl (C=O) groups is 3. The van der Waals surface area contributed by atoms with E-state index in [2.05, 4.69) is 0 Å². The van der Waals surface area contributed by atoms with Crippen LogP contribution in [0.15, 0.2) is 18.2 Å². The van der Waals surface area contributed by atoms with E-state index in [-0.39, 0.29) is 55.9 Å². The van der Waals surface area contributed by atoms with E-state index in [4.69, 9.17) is 4.84 Å². The fraction of sp³-hybridized carbons (Fsp3) is 0.654. The van der Waals surface area contributed by atoms with Crippen molar-refractivity contribution in [2.75, 3.05) is 38.1 Å². The van der Waals surface area contributed by atoms with E-state index in [1.165, 1.54) is 11.8 Å². The highest BCUT2D eigenvalue weighted by Gasteiger charge is 2.52. The molecule has 1 aliphatic carbocycles. The number of aliphatic hydroxyl groups excluding tert-OH is 2. The fourth-order valence-corrected chi connectivity index (χ4v) is 5.49. The number of alkyl halides is 6. The molecule has 3 fully saturated rings. The van der Waals surface area contributed by atoms with E-state index in [0.29, 0.717) is 12.6 Å². The van der Waals surface area contributed by atoms with Crippen molar-refractivity contribution in [2.45, 2.75) is 69.6 Å². The lowest BCUT2D eigenvalue weighted by Gasteiger charge is -2.41. The van der Waals surface area contributed by atoms with Gasteiger partial charge in [-0.25, -0.2) is 4.79 Å². The highest BCUT2D eigenvalue weighted by atomic mass is 19.4. The minimum Gasteiger partial charge on any atom is -0.394 e. The average Bonchev–Trinajstić information content (AvgIpc) is 3.69. The molecule has 16 heteroatoms. The van der Waals surface area contributed by atoms with Crippen LogP contribution in [-0.2, 0) is 26.8 Å². The number of piperazine rings is 1. The molecule has 234 valence electrons. The Hall–Kier alpha value is -3.11. The second-order valence-corrected chi connectivity index (χ2v) is 11.0. The number of likely N-dealkylation sites (tertiary alicyclic amines) is 1. The summed E-state index contributed by atoms with van der Waals surface area (Å²) in [5, 5.41) is 23.2. The lowest BCUT2D eigenvalue weighted by atomic mass is 9.90. The second kappa shape index (κ2) is 11.9. The molecule has 1 saturated carbocycles. The van der Waals surface area contributed by atoms with Crippen molar-refractivity contribution in [3.8, 4) is 0 Å². The molecule has 2 aliphatic heterocycles. The summed E-state index contributed by atoms with van der Waals surface area (Å²) in [6.07, 6.45) is -9.67. The molecule has 3 atom stereocenters. The summed E-state index contributed by atoms with van der Waals surface area (Å²) in [5.74, 6) is -0.738. The van der Waals surface area contributed by atoms with Gasteiger partial charge in [-0.1, -0.05) is 0 Å². The topological polar surface area (TPSA) is 123 Å². The average molecular weight is 611 g/mol. The number of carbonyl (C=O) groups excluding carboxylic acids is 3. The van der Waals surface area contributed by atoms with Gasteiger partial charge in [0.05, 0.1) is 36.4 Å². The lowest BCUT2D eigenvalue weighted by molar-refractivity contribution is -0.179. The first kappa shape index (κ1) is 31.8. The molecular weight excluding hydrogens is 578 g/mol. The monoisotopic (exact) mass is 610 g/mol. The zero-order valence-corrected chi connectivity index (χ0v) is 22.7. The molecule has 0 unspecified atom stereocenters. The molecule has 4 rings (SSSR count). The number of halogens is 6. The predicted molar refractivity (Wildman–Crippen MR) is 133 cm³/mol. The Bertz CT molecular complexity index is 1190. The first-order valence-electron chi connectivity index (χ1n) is 13.5. The molecule has 10 nitrogen and oxygen atoms in total. The highest BCUT2D eigenvalue weighted by Crippen LogP contribution is 2.53. The van der Waals surface area contributed by atoms with Crippen LogP contribution in [0.2, 0.25) is 0 Å². The number of amides is 3. The Labute approximate surface area is 237 Å². The lowest BCUT2D eigenvalue weighted by Crippen LogP contribution is -2.59. The number of rotatable bonds is 7. The number of piperidine rings is 1. The third-order valence-corrected chi connectivity index (χ3v) is 8.28. The van der Waals surface area contributed by atoms with Crippen LogP contribution in [0, 0.1) is 5.41 Å². The van der Waals surface area contributed by atoms with Crippen molar-refractivity contribution in [3.63, 3.8) is 0 Å². The summed E-state index contributed by atoms with van der Waals surface area (Å²) in [6.45, 7) is 1.68. The van der Waals surface area contributed by atoms with Crippen LogP contribution in [0.25, 0.3) is 0 Å². The Morgan fingerprint density at radius 3 is 2.31 bits per heavy atom. The number of aliphatic hydroxyl groups is 2. The van der Waals surface area contributed by atoms with Gasteiger partial charge >= 0.3 is 18.4 Å². The molecule has 1 aromatic carbocycles. The summed E-state index contributed by atoms with van der Waals surface area (Å²) < 4.78 is 78.5. The molecule has 1 spiro atoms. The number of benzene rings is 1. The maximum Gasteiger partial charge on any atom is 0.430 e. The van der Waals surface area contributed by atoms with Crippen molar-refractivity contribution < 1.29 is 55.8 Å². The van der Waals surface area contributed by atoms with E-state index >= 15 is 0 Å². The summed E-state index contributed by atoms with van der Waals surface area (Å²) in [5.41, 5.74) is -4.56. The zero-order valence-electron chi connectivity index (χ0n) is 22.7. The predicted octanol–water partition coefficient (Wildman–Crippen LogP) is 3.23. The summed E-state index contributed by atoms with van der Waals surface area (Å²) >= 11 is 0. The van der Waals surface area contributed by atoms with Gasteiger partial charge in [-0.2, -0.15) is 26.3 Å². The number of nitrogens with one attached hydrogen (secondary N) is 1. The largest absolute Gasteiger partial charge is 0.430 e. The molecule has 0 radical (unpaired) electrons. The van der Waals surface area contributed by atoms with Crippen LogP contribution in [-0.4, -0.2) is 94.0 Å². The molecule has 3 aliphatic rings. The van der Waals surface area contributed by atoms with E-state index in [9.17, 15) is 50.9 Å². The molecule has 2 heterocycles. The standard InChI is InChI=1S/C26H32F6N4O6/c1-15-22(40)35(17(14-37)3-5-21(39)34-9-8-24(6-7-24)20(38)13-34)10-11-36(15)42-23(41)33-16-2-4-18(25(27,28)29)19(12-16)26(30,31)32/h2,4,12,15,17,20,37-38H,3,5-11,13-14H2,1H3,(H,33,41)/t15-,17-,20+/m0/s1. The third kappa shape index (κ3) is 6.92. The number of anilines is 1. The van der Waals surface area contributed by atoms with Gasteiger partial charge in [0.2, 0.25) is 11.8 Å². The van der Waals surface area contributed by atoms with Crippen molar-refractivity contribution >= 4 is 23.6 Å². The Kier molecular flexibility index (Phi) is 9.00. The Morgan fingerprint density at radius 1 is 1.07 bits per heavy atom. The van der Waals surface area contributed by atoms with E-state index < -0.39 is 66.0 Å². The fourth-order valence-electron chi connectivity index (χ4n) is 5.49. The smallest absolute Gasteiger partial charge is 0.394 e. The number of nitrogens with zero attached hydrogens (tertiary/aromatic N) is 3. The van der Waals surface area contributed by atoms with E-state index in [0.717, 1.165) is 24.3 Å². The number of hydrogen-bond donors (Lipinski definition) is 3. The van der Waals surface area contributed by atoms with E-state index in [1.807, 2.05) is 5.32 Å². The van der Waals surface area contributed by atoms with Crippen molar-refractivity contribution in [2.24, 2.45) is 5.41 Å². The zero-order chi connectivity index (χ0) is 31.0. The van der Waals surface area contributed by atoms with Crippen LogP contribution in [0.3, 0.4) is 0 Å². The first-order chi connectivity index (χ1) is 19.6. The molecule has 0 bridgehead atoms. The van der Waals surface area contributed by atoms with Gasteiger partial charge in [0.25, 0.3) is 0 Å². The number of hydrogen-bond acceptors (Lipinski definition) is 7. The quantitative estimate of drug-likeness (QED) is 0.406. The van der Waals surface area contributed by atoms with Crippen LogP contribution in [0.1, 0.15) is 50.2 Å². The number of β-amino-alcohol motifs (C(OH)–C–C–N with tert-alkyl or cyclic N) is 1. The molecule has 0 aromatic heterocycles. The summed E-state index contributed by atoms with van der Waals surface area (Å²) in [6, 6.07) is -0.803. The summed E-state index contributed by atoms with van der Waals surface area (Å²) in [4.78, 5) is 46.1. The third-order valence-electron chi connectivity index (χ3n) is 8.28. The highest BCUT2D eigenvalue weighted by molar-refractivity contribution is 5.86. The Balaban J connectivity index is 1.30. The molecular formula is C26H32F6N4O6. The SMILES string of the molecule is C[C@H]1C(=O)N([C@H](CO)CCC(=O)N2CCC3(CC3)[C@H](O)C2)CCN1OC(=O)Nc1ccc(C(F)(F)F)c(C(F)(F)F)c1. The Morgan fingerprint density at radius 2 is 1.74 bits per heavy atom. The van der Waals surface area contributed by atoms with Gasteiger partial charge in [0.15, 0.2) is 0 Å². The molecule has 3 amide bonds. The molecule has 3 N–H and O–H groups in total. The van der Waals surface area contributed by atoms with Crippen LogP contribution < -0.4 is 5.32 Å². The minimum atomic E-state index is -5.34. The van der Waals surface area contributed by atoms with Gasteiger partial charge in [0.1, 0.15) is 6.04 Å². The van der Waals surface area contributed by atoms with Gasteiger partial charge in [0, 0.05) is 31.7 Å². The van der Waals surface area contributed by atoms with Crippen LogP contribution in [0.5, 0.6) is 0 Å². The van der Waals surface area contributed by atoms with Gasteiger partial charge in [-0.3, -0.25) is 14.9 Å². The molecule has 2 saturated heterocycles. The van der Waals surface area contributed by atoms with Crippen molar-refractivity contribution in [3.05, 3.63) is 29.3 Å². The second-order valence-electron chi connectivity index (χ2n) is 11.0. The van der Waals surface area contributed by atoms with Gasteiger partial charge < -0.3 is 24.9 Å². The van der Waals surface area contributed by atoms with E-state index in [1.54, 1.807) is 4.90 Å². The van der Waals surface area contributed by atoms with Gasteiger partial charge in [-0.15, -0.1) is 5.06 Å². The number of hydroxylamine groups is 2. The normalized spacial score (nSPS) is 23.6.